The first-order valence-corrected chi connectivity index (χ1v) is 3.24. The molecule has 0 aromatic carbocycles. The molecule has 52 valence electrons. The average molecular weight is 176 g/mol. The molecule has 0 radical (unpaired) electrons. The molecule has 0 heterocycles. The van der Waals surface area contributed by atoms with Crippen LogP contribution >= 0.6 is 23.4 Å². The molecule has 0 amide bonds. The minimum absolute atomic E-state index is 0.141. The molecule has 0 saturated carbocycles. The van der Waals surface area contributed by atoms with E-state index in [1.54, 1.807) is 0 Å². The van der Waals surface area contributed by atoms with Gasteiger partial charge in [0, 0.05) is 11.8 Å². The van der Waals surface area contributed by atoms with Crippen LogP contribution in [0.2, 0.25) is 0 Å². The van der Waals surface area contributed by atoms with Crippen molar-refractivity contribution in [2.45, 2.75) is 0 Å². The predicted octanol–water partition coefficient (Wildman–Crippen LogP) is 1.84. The quantitative estimate of drug-likeness (QED) is 0.517. The van der Waals surface area contributed by atoms with Gasteiger partial charge in [-0.2, -0.15) is 4.51 Å². The van der Waals surface area contributed by atoms with E-state index in [4.69, 9.17) is 23.4 Å². The maximum absolute atomic E-state index is 10.7. The van der Waals surface area contributed by atoms with Crippen molar-refractivity contribution >= 4 is 34.9 Å². The van der Waals surface area contributed by atoms with Gasteiger partial charge in [-0.1, -0.05) is 11.6 Å². The number of nitrogens with zero attached hydrogens (tertiary/aromatic N) is 1. The van der Waals surface area contributed by atoms with Gasteiger partial charge < -0.3 is 0 Å². The molecule has 0 saturated heterocycles. The van der Waals surface area contributed by atoms with Crippen LogP contribution in [0, 0.1) is 0 Å². The molecule has 0 unspecified atom stereocenters. The fourth-order valence-electron chi connectivity index (χ4n) is 0.542. The molecular formula is C6H3Cl2NO. The molecule has 0 bridgehead atoms. The van der Waals surface area contributed by atoms with E-state index in [0.717, 1.165) is 0 Å². The van der Waals surface area contributed by atoms with Crippen molar-refractivity contribution in [3.8, 4) is 0 Å². The van der Waals surface area contributed by atoms with Crippen LogP contribution in [-0.2, 0) is 4.79 Å². The van der Waals surface area contributed by atoms with Crippen molar-refractivity contribution < 1.29 is 4.79 Å². The summed E-state index contributed by atoms with van der Waals surface area (Å²) in [6, 6.07) is 0. The Morgan fingerprint density at radius 3 is 2.60 bits per heavy atom. The normalized spacial score (nSPS) is 21.6. The Bertz CT molecular complexity index is 252. The summed E-state index contributed by atoms with van der Waals surface area (Å²) in [5, 5.41) is 0.141. The molecule has 0 aromatic heterocycles. The standard InChI is InChI=1S/C6H3Cl2NO/c7-5-3-4(9-8)1-2-6(5)10/h1-3H/b9-4-. The van der Waals surface area contributed by atoms with Crippen molar-refractivity contribution in [2.75, 3.05) is 0 Å². The smallest absolute Gasteiger partial charge is 0.197 e. The van der Waals surface area contributed by atoms with E-state index in [1.807, 2.05) is 0 Å². The van der Waals surface area contributed by atoms with E-state index in [1.165, 1.54) is 18.2 Å². The van der Waals surface area contributed by atoms with Crippen LogP contribution in [0.25, 0.3) is 0 Å². The summed E-state index contributed by atoms with van der Waals surface area (Å²) >= 11 is 10.6. The van der Waals surface area contributed by atoms with Crippen molar-refractivity contribution in [3.63, 3.8) is 0 Å². The molecular weight excluding hydrogens is 173 g/mol. The Hall–Kier alpha value is -0.600. The summed E-state index contributed by atoms with van der Waals surface area (Å²) in [7, 11) is 0. The van der Waals surface area contributed by atoms with Gasteiger partial charge in [0.2, 0.25) is 0 Å². The molecule has 0 N–H and O–H groups in total. The number of ketones is 1. The van der Waals surface area contributed by atoms with E-state index < -0.39 is 0 Å². The molecule has 0 aromatic rings. The van der Waals surface area contributed by atoms with Crippen LogP contribution in [0.5, 0.6) is 0 Å². The van der Waals surface area contributed by atoms with Gasteiger partial charge in [-0.3, -0.25) is 4.79 Å². The third kappa shape index (κ3) is 1.46. The van der Waals surface area contributed by atoms with Gasteiger partial charge in [0.25, 0.3) is 0 Å². The van der Waals surface area contributed by atoms with Crippen LogP contribution in [0.15, 0.2) is 27.8 Å². The van der Waals surface area contributed by atoms with Crippen LogP contribution in [0.3, 0.4) is 0 Å². The molecule has 2 nitrogen and oxygen atoms in total. The third-order valence-corrected chi connectivity index (χ3v) is 1.50. The number of halogens is 2. The van der Waals surface area contributed by atoms with E-state index >= 15 is 0 Å². The Morgan fingerprint density at radius 2 is 2.10 bits per heavy atom. The number of hydrogen-bond donors (Lipinski definition) is 0. The summed E-state index contributed by atoms with van der Waals surface area (Å²) in [4.78, 5) is 10.7. The number of hydrogen-bond acceptors (Lipinski definition) is 2. The van der Waals surface area contributed by atoms with Gasteiger partial charge in [0.15, 0.2) is 5.78 Å². The second-order valence-electron chi connectivity index (χ2n) is 1.70. The lowest BCUT2D eigenvalue weighted by Gasteiger charge is -1.98. The van der Waals surface area contributed by atoms with E-state index in [9.17, 15) is 4.79 Å². The van der Waals surface area contributed by atoms with E-state index in [-0.39, 0.29) is 10.8 Å². The van der Waals surface area contributed by atoms with Crippen molar-refractivity contribution in [1.29, 1.82) is 0 Å². The monoisotopic (exact) mass is 175 g/mol. The molecule has 1 aliphatic carbocycles. The van der Waals surface area contributed by atoms with Gasteiger partial charge >= 0.3 is 0 Å². The minimum Gasteiger partial charge on any atom is -0.288 e. The first-order chi connectivity index (χ1) is 4.74. The highest BCUT2D eigenvalue weighted by molar-refractivity contribution is 6.47. The molecule has 10 heavy (non-hydrogen) atoms. The molecule has 0 atom stereocenters. The summed E-state index contributed by atoms with van der Waals surface area (Å²) in [6.07, 6.45) is 4.24. The first-order valence-electron chi connectivity index (χ1n) is 2.52. The van der Waals surface area contributed by atoms with E-state index in [0.29, 0.717) is 5.71 Å². The minimum atomic E-state index is -0.217. The third-order valence-electron chi connectivity index (χ3n) is 1.01. The number of carbonyl (C=O) groups is 1. The zero-order valence-corrected chi connectivity index (χ0v) is 6.36. The SMILES string of the molecule is O=C1C=C/C(=N/Cl)C=C1Cl. The molecule has 0 aliphatic heterocycles. The fraction of sp³-hybridized carbons (Fsp3) is 0. The highest BCUT2D eigenvalue weighted by Crippen LogP contribution is 2.10. The summed E-state index contributed by atoms with van der Waals surface area (Å²) < 4.78 is 3.32. The summed E-state index contributed by atoms with van der Waals surface area (Å²) in [5.74, 6) is -0.217. The number of rotatable bonds is 0. The summed E-state index contributed by atoms with van der Waals surface area (Å²) in [5.41, 5.74) is 0.492. The lowest BCUT2D eigenvalue weighted by Crippen LogP contribution is -2.02. The maximum Gasteiger partial charge on any atom is 0.197 e. The van der Waals surface area contributed by atoms with Crippen LogP contribution in [0.1, 0.15) is 0 Å². The maximum atomic E-state index is 10.7. The van der Waals surface area contributed by atoms with Crippen LogP contribution < -0.4 is 0 Å². The van der Waals surface area contributed by atoms with Gasteiger partial charge in [-0.05, 0) is 18.2 Å². The van der Waals surface area contributed by atoms with Crippen molar-refractivity contribution in [2.24, 2.45) is 4.51 Å². The second-order valence-corrected chi connectivity index (χ2v) is 2.28. The zero-order chi connectivity index (χ0) is 7.56. The predicted molar refractivity (Wildman–Crippen MR) is 41.4 cm³/mol. The molecule has 1 rings (SSSR count). The first kappa shape index (κ1) is 7.51. The molecule has 0 fully saturated rings. The molecule has 0 spiro atoms. The van der Waals surface area contributed by atoms with Crippen LogP contribution in [-0.4, -0.2) is 11.5 Å². The lowest BCUT2D eigenvalue weighted by atomic mass is 10.2. The second kappa shape index (κ2) is 2.99. The number of allylic oxidation sites excluding steroid dienone is 4. The largest absolute Gasteiger partial charge is 0.288 e. The Morgan fingerprint density at radius 1 is 1.40 bits per heavy atom. The van der Waals surface area contributed by atoms with E-state index in [2.05, 4.69) is 4.51 Å². The van der Waals surface area contributed by atoms with Gasteiger partial charge in [0.05, 0.1) is 10.7 Å². The van der Waals surface area contributed by atoms with Gasteiger partial charge in [0.1, 0.15) is 0 Å². The number of carbonyl (C=O) groups excluding carboxylic acids is 1. The van der Waals surface area contributed by atoms with Gasteiger partial charge in [-0.25, -0.2) is 0 Å². The molecule has 1 aliphatic rings. The van der Waals surface area contributed by atoms with Crippen molar-refractivity contribution in [1.82, 2.24) is 0 Å². The van der Waals surface area contributed by atoms with Gasteiger partial charge in [-0.15, -0.1) is 0 Å². The Kier molecular flexibility index (Phi) is 2.25. The fourth-order valence-corrected chi connectivity index (χ4v) is 0.822. The van der Waals surface area contributed by atoms with Crippen molar-refractivity contribution in [3.05, 3.63) is 23.3 Å². The lowest BCUT2D eigenvalue weighted by molar-refractivity contribution is -0.110. The zero-order valence-electron chi connectivity index (χ0n) is 4.84. The highest BCUT2D eigenvalue weighted by Gasteiger charge is 2.08. The average Bonchev–Trinajstić information content (AvgIpc) is 1.95. The topological polar surface area (TPSA) is 29.4 Å². The molecule has 4 heteroatoms. The Balaban J connectivity index is 2.95. The highest BCUT2D eigenvalue weighted by atomic mass is 35.5. The Labute approximate surface area is 68.0 Å². The van der Waals surface area contributed by atoms with Crippen LogP contribution in [0.4, 0.5) is 0 Å². The summed E-state index contributed by atoms with van der Waals surface area (Å²) in [6.45, 7) is 0.